The number of ether oxygens (including phenoxy) is 1. The van der Waals surface area contributed by atoms with Crippen LogP contribution in [0.25, 0.3) is 0 Å². The number of carbonyl (C=O) groups excluding carboxylic acids is 1. The normalized spacial score (nSPS) is 11.4. The van der Waals surface area contributed by atoms with Gasteiger partial charge in [0, 0.05) is 13.1 Å². The van der Waals surface area contributed by atoms with Crippen LogP contribution in [-0.4, -0.2) is 38.5 Å². The minimum Gasteiger partial charge on any atom is -0.497 e. The molecule has 0 fully saturated rings. The number of nitrogens with zero attached hydrogens (tertiary/aromatic N) is 1. The average molecular weight is 376 g/mol. The molecule has 0 heterocycles. The molecule has 0 bridgehead atoms. The summed E-state index contributed by atoms with van der Waals surface area (Å²) in [5.74, 6) is 0.347. The van der Waals surface area contributed by atoms with Gasteiger partial charge >= 0.3 is 0 Å². The number of carbonyl (C=O) groups is 1. The highest BCUT2D eigenvalue weighted by molar-refractivity contribution is 7.88. The first-order valence-electron chi connectivity index (χ1n) is 8.18. The fourth-order valence-electron chi connectivity index (χ4n) is 2.35. The molecule has 0 unspecified atom stereocenters. The highest BCUT2D eigenvalue weighted by Gasteiger charge is 2.20. The maximum atomic E-state index is 12.2. The molecule has 0 aliphatic heterocycles. The van der Waals surface area contributed by atoms with E-state index in [4.69, 9.17) is 4.74 Å². The highest BCUT2D eigenvalue weighted by Crippen LogP contribution is 2.14. The van der Waals surface area contributed by atoms with E-state index in [-0.39, 0.29) is 19.0 Å². The lowest BCUT2D eigenvalue weighted by Gasteiger charge is -2.19. The largest absolute Gasteiger partial charge is 0.497 e. The number of aryl methyl sites for hydroxylation is 1. The van der Waals surface area contributed by atoms with Crippen molar-refractivity contribution in [2.24, 2.45) is 0 Å². The molecule has 1 N–H and O–H groups in total. The number of hydrogen-bond donors (Lipinski definition) is 1. The molecule has 2 aromatic carbocycles. The predicted molar refractivity (Wildman–Crippen MR) is 101 cm³/mol. The van der Waals surface area contributed by atoms with Crippen LogP contribution in [0.4, 0.5) is 0 Å². The minimum atomic E-state index is -3.52. The molecule has 0 aliphatic carbocycles. The van der Waals surface area contributed by atoms with Crippen LogP contribution in [0.2, 0.25) is 0 Å². The summed E-state index contributed by atoms with van der Waals surface area (Å²) in [5.41, 5.74) is 2.88. The van der Waals surface area contributed by atoms with Gasteiger partial charge in [0.05, 0.1) is 19.9 Å². The summed E-state index contributed by atoms with van der Waals surface area (Å²) >= 11 is 0. The molecule has 6 nitrogen and oxygen atoms in total. The maximum absolute atomic E-state index is 12.2. The van der Waals surface area contributed by atoms with E-state index in [0.717, 1.165) is 27.3 Å². The van der Waals surface area contributed by atoms with Crippen LogP contribution in [0.1, 0.15) is 16.7 Å². The SMILES string of the molecule is COc1ccc(CN(CC(=O)NCc2ccc(C)cc2)S(C)(=O)=O)cc1. The summed E-state index contributed by atoms with van der Waals surface area (Å²) < 4.78 is 30.3. The number of amides is 1. The lowest BCUT2D eigenvalue weighted by Crippen LogP contribution is -2.39. The molecule has 2 rings (SSSR count). The summed E-state index contributed by atoms with van der Waals surface area (Å²) in [6.45, 7) is 2.25. The first kappa shape index (κ1) is 19.9. The zero-order chi connectivity index (χ0) is 19.2. The summed E-state index contributed by atoms with van der Waals surface area (Å²) in [5, 5.41) is 2.76. The quantitative estimate of drug-likeness (QED) is 0.765. The Balaban J connectivity index is 1.98. The van der Waals surface area contributed by atoms with Crippen molar-refractivity contribution < 1.29 is 17.9 Å². The molecule has 0 saturated carbocycles. The van der Waals surface area contributed by atoms with Crippen molar-refractivity contribution >= 4 is 15.9 Å². The van der Waals surface area contributed by atoms with Gasteiger partial charge in [-0.15, -0.1) is 0 Å². The Hall–Kier alpha value is -2.38. The number of hydrogen-bond acceptors (Lipinski definition) is 4. The van der Waals surface area contributed by atoms with Gasteiger partial charge in [0.15, 0.2) is 0 Å². The molecule has 0 radical (unpaired) electrons. The van der Waals surface area contributed by atoms with Crippen LogP contribution in [0.3, 0.4) is 0 Å². The van der Waals surface area contributed by atoms with E-state index in [2.05, 4.69) is 5.32 Å². The molecule has 7 heteroatoms. The second kappa shape index (κ2) is 8.82. The van der Waals surface area contributed by atoms with Crippen molar-refractivity contribution in [2.45, 2.75) is 20.0 Å². The van der Waals surface area contributed by atoms with Crippen LogP contribution < -0.4 is 10.1 Å². The van der Waals surface area contributed by atoms with Gasteiger partial charge < -0.3 is 10.1 Å². The fraction of sp³-hybridized carbons (Fsp3) is 0.316. The van der Waals surface area contributed by atoms with Gasteiger partial charge in [0.2, 0.25) is 15.9 Å². The summed E-state index contributed by atoms with van der Waals surface area (Å²) in [7, 11) is -1.96. The number of benzene rings is 2. The van der Waals surface area contributed by atoms with Gasteiger partial charge in [0.1, 0.15) is 5.75 Å². The van der Waals surface area contributed by atoms with Crippen molar-refractivity contribution in [2.75, 3.05) is 19.9 Å². The Bertz CT molecular complexity index is 831. The Morgan fingerprint density at radius 2 is 1.62 bits per heavy atom. The van der Waals surface area contributed by atoms with Gasteiger partial charge in [-0.05, 0) is 30.2 Å². The first-order valence-corrected chi connectivity index (χ1v) is 10.0. The van der Waals surface area contributed by atoms with Crippen LogP contribution in [0.5, 0.6) is 5.75 Å². The summed E-state index contributed by atoms with van der Waals surface area (Å²) in [6, 6.07) is 14.9. The molecule has 0 atom stereocenters. The summed E-state index contributed by atoms with van der Waals surface area (Å²) in [4.78, 5) is 12.2. The highest BCUT2D eigenvalue weighted by atomic mass is 32.2. The van der Waals surface area contributed by atoms with Gasteiger partial charge in [-0.1, -0.05) is 42.0 Å². The number of rotatable bonds is 8. The predicted octanol–water partition coefficient (Wildman–Crippen LogP) is 2.08. The smallest absolute Gasteiger partial charge is 0.235 e. The topological polar surface area (TPSA) is 75.7 Å². The molecular weight excluding hydrogens is 352 g/mol. The molecule has 0 saturated heterocycles. The number of sulfonamides is 1. The third-order valence-corrected chi connectivity index (χ3v) is 5.11. The molecule has 140 valence electrons. The lowest BCUT2D eigenvalue weighted by atomic mass is 10.1. The Kier molecular flexibility index (Phi) is 6.76. The van der Waals surface area contributed by atoms with E-state index in [9.17, 15) is 13.2 Å². The van der Waals surface area contributed by atoms with Crippen LogP contribution in [0.15, 0.2) is 48.5 Å². The van der Waals surface area contributed by atoms with Gasteiger partial charge in [-0.25, -0.2) is 8.42 Å². The monoisotopic (exact) mass is 376 g/mol. The first-order chi connectivity index (χ1) is 12.3. The summed E-state index contributed by atoms with van der Waals surface area (Å²) in [6.07, 6.45) is 1.10. The fourth-order valence-corrected chi connectivity index (χ4v) is 3.08. The van der Waals surface area contributed by atoms with E-state index in [1.807, 2.05) is 31.2 Å². The molecule has 0 aliphatic rings. The Morgan fingerprint density at radius 3 is 2.15 bits per heavy atom. The lowest BCUT2D eigenvalue weighted by molar-refractivity contribution is -0.121. The van der Waals surface area contributed by atoms with Crippen molar-refractivity contribution in [3.05, 3.63) is 65.2 Å². The van der Waals surface area contributed by atoms with Gasteiger partial charge in [-0.2, -0.15) is 4.31 Å². The maximum Gasteiger partial charge on any atom is 0.235 e. The van der Waals surface area contributed by atoms with Gasteiger partial charge in [-0.3, -0.25) is 4.79 Å². The van der Waals surface area contributed by atoms with E-state index < -0.39 is 10.0 Å². The number of methoxy groups -OCH3 is 1. The van der Waals surface area contributed by atoms with E-state index in [1.165, 1.54) is 0 Å². The van der Waals surface area contributed by atoms with Crippen molar-refractivity contribution in [1.29, 1.82) is 0 Å². The standard InChI is InChI=1S/C19H24N2O4S/c1-15-4-6-16(7-5-15)12-20-19(22)14-21(26(3,23)24)13-17-8-10-18(25-2)11-9-17/h4-11H,12-14H2,1-3H3,(H,20,22). The molecule has 26 heavy (non-hydrogen) atoms. The molecular formula is C19H24N2O4S. The molecule has 2 aromatic rings. The third kappa shape index (κ3) is 6.16. The second-order valence-corrected chi connectivity index (χ2v) is 8.12. The van der Waals surface area contributed by atoms with Crippen molar-refractivity contribution in [3.8, 4) is 5.75 Å². The van der Waals surface area contributed by atoms with Crippen molar-refractivity contribution in [1.82, 2.24) is 9.62 Å². The molecule has 0 spiro atoms. The van der Waals surface area contributed by atoms with E-state index >= 15 is 0 Å². The minimum absolute atomic E-state index is 0.126. The Morgan fingerprint density at radius 1 is 1.04 bits per heavy atom. The zero-order valence-electron chi connectivity index (χ0n) is 15.2. The second-order valence-electron chi connectivity index (χ2n) is 6.14. The van der Waals surface area contributed by atoms with Gasteiger partial charge in [0.25, 0.3) is 0 Å². The zero-order valence-corrected chi connectivity index (χ0v) is 16.0. The molecule has 0 aromatic heterocycles. The third-order valence-electron chi connectivity index (χ3n) is 3.92. The van der Waals surface area contributed by atoms with E-state index in [1.54, 1.807) is 31.4 Å². The Labute approximate surface area is 154 Å². The molecule has 1 amide bonds. The van der Waals surface area contributed by atoms with E-state index in [0.29, 0.717) is 12.3 Å². The van der Waals surface area contributed by atoms with Crippen molar-refractivity contribution in [3.63, 3.8) is 0 Å². The van der Waals surface area contributed by atoms with Crippen LogP contribution in [-0.2, 0) is 27.9 Å². The van der Waals surface area contributed by atoms with Crippen LogP contribution in [0, 0.1) is 6.92 Å². The number of nitrogens with one attached hydrogen (secondary N) is 1. The average Bonchev–Trinajstić information content (AvgIpc) is 2.60. The van der Waals surface area contributed by atoms with Crippen LogP contribution >= 0.6 is 0 Å².